The zero-order valence-electron chi connectivity index (χ0n) is 21.2. The first-order valence-corrected chi connectivity index (χ1v) is 11.3. The van der Waals surface area contributed by atoms with Crippen LogP contribution in [0.3, 0.4) is 0 Å². The van der Waals surface area contributed by atoms with Gasteiger partial charge in [-0.15, -0.1) is 0 Å². The Kier molecular flexibility index (Phi) is 33.5. The van der Waals surface area contributed by atoms with Gasteiger partial charge in [0.1, 0.15) is 5.25 Å². The minimum Gasteiger partial charge on any atom is -0.652 e. The van der Waals surface area contributed by atoms with Crippen LogP contribution in [0.2, 0.25) is 0 Å². The quantitative estimate of drug-likeness (QED) is 0.215. The second-order valence-corrected chi connectivity index (χ2v) is 9.05. The van der Waals surface area contributed by atoms with Crippen LogP contribution in [-0.2, 0) is 23.9 Å². The summed E-state index contributed by atoms with van der Waals surface area (Å²) in [5.74, 6) is -4.01. The maximum atomic E-state index is 12.0. The van der Waals surface area contributed by atoms with Crippen molar-refractivity contribution in [3.63, 3.8) is 0 Å². The number of carboxylic acid groups (broad SMARTS) is 4. The molecule has 0 fully saturated rings. The molecule has 0 bridgehead atoms. The number of carbonyl (C=O) groups excluding carboxylic acids is 3. The average Bonchev–Trinajstić information content (AvgIpc) is 2.55. The second-order valence-electron chi connectivity index (χ2n) is 7.32. The van der Waals surface area contributed by atoms with E-state index in [2.05, 4.69) is 0 Å². The number of aliphatic carboxylic acids is 2. The average molecular weight is 537 g/mol. The molecule has 0 aliphatic carbocycles. The first kappa shape index (κ1) is 46.9. The third-order valence-electron chi connectivity index (χ3n) is 3.49. The van der Waals surface area contributed by atoms with Crippen LogP contribution >= 0.6 is 0 Å². The molecule has 1 unspecified atom stereocenters. The Hall–Kier alpha value is -0.428. The molecule has 34 heavy (non-hydrogen) atoms. The molecule has 0 radical (unpaired) electrons. The van der Waals surface area contributed by atoms with Crippen molar-refractivity contribution in [2.45, 2.75) is 97.7 Å². The van der Waals surface area contributed by atoms with Crippen molar-refractivity contribution >= 4 is 74.3 Å². The Labute approximate surface area is 234 Å². The van der Waals surface area contributed by atoms with Crippen LogP contribution in [0.25, 0.3) is 0 Å². The standard InChI is InChI=1S/C12H22O7S.2C3H8O.CH2O3.2Mg/c1-5-12(6-2,8(3)4)19-20(17,18)9(11(15)16)7-10(13)14;2*1-3(2)4;2-1(3)4;;/h8-9H,5-7H2,1-4H3,(H,13,14)(H,15,16);2*3-4H,1-2H3;(H2,2,3,4);;/q;;;;2*+2/p-4. The number of aliphatic hydroxyl groups is 2. The molecule has 0 rings (SSSR count). The summed E-state index contributed by atoms with van der Waals surface area (Å²) < 4.78 is 29.1. The van der Waals surface area contributed by atoms with Gasteiger partial charge in [-0.05, 0) is 52.6 Å². The summed E-state index contributed by atoms with van der Waals surface area (Å²) in [6.45, 7) is 13.8. The summed E-state index contributed by atoms with van der Waals surface area (Å²) in [4.78, 5) is 29.7. The molecule has 1 atom stereocenters. The van der Waals surface area contributed by atoms with Crippen LogP contribution in [0.4, 0.5) is 4.79 Å². The Morgan fingerprint density at radius 2 is 1.09 bits per heavy atom. The minimum atomic E-state index is -4.63. The van der Waals surface area contributed by atoms with E-state index in [4.69, 9.17) is 29.4 Å². The van der Waals surface area contributed by atoms with E-state index in [0.29, 0.717) is 12.8 Å². The minimum absolute atomic E-state index is 0. The molecule has 0 aliphatic rings. The van der Waals surface area contributed by atoms with E-state index in [1.54, 1.807) is 55.4 Å². The Bertz CT molecular complexity index is 618. The molecule has 194 valence electrons. The van der Waals surface area contributed by atoms with Crippen LogP contribution in [-0.4, -0.2) is 106 Å². The van der Waals surface area contributed by atoms with E-state index in [1.165, 1.54) is 0 Å². The number of carboxylic acids is 2. The van der Waals surface area contributed by atoms with Crippen molar-refractivity contribution in [3.05, 3.63) is 0 Å². The predicted octanol–water partition coefficient (Wildman–Crippen LogP) is -3.63. The van der Waals surface area contributed by atoms with E-state index >= 15 is 0 Å². The van der Waals surface area contributed by atoms with Crippen LogP contribution in [0.5, 0.6) is 0 Å². The molecule has 0 spiro atoms. The largest absolute Gasteiger partial charge is 2.00 e. The molecule has 0 aromatic heterocycles. The van der Waals surface area contributed by atoms with Gasteiger partial charge in [0.05, 0.1) is 11.6 Å². The van der Waals surface area contributed by atoms with Crippen molar-refractivity contribution < 1.29 is 57.6 Å². The molecule has 0 saturated carbocycles. The van der Waals surface area contributed by atoms with Crippen LogP contribution in [0.1, 0.15) is 74.7 Å². The fraction of sp³-hybridized carbons (Fsp3) is 0.842. The number of hydrogen-bond donors (Lipinski definition) is 2. The molecular formula is C19H36Mg2O12S. The van der Waals surface area contributed by atoms with E-state index in [0.717, 1.165) is 0 Å². The molecule has 0 aromatic carbocycles. The van der Waals surface area contributed by atoms with Gasteiger partial charge in [0.15, 0.2) is 0 Å². The van der Waals surface area contributed by atoms with Gasteiger partial charge in [-0.3, -0.25) is 4.18 Å². The smallest absolute Gasteiger partial charge is 0.652 e. The van der Waals surface area contributed by atoms with Crippen molar-refractivity contribution in [1.29, 1.82) is 0 Å². The number of carbonyl (C=O) groups is 3. The third-order valence-corrected chi connectivity index (χ3v) is 5.11. The maximum absolute atomic E-state index is 12.0. The van der Waals surface area contributed by atoms with E-state index in [1.807, 2.05) is 0 Å². The van der Waals surface area contributed by atoms with Gasteiger partial charge in [0.25, 0.3) is 10.1 Å². The first-order chi connectivity index (χ1) is 14.2. The molecule has 12 nitrogen and oxygen atoms in total. The monoisotopic (exact) mass is 536 g/mol. The SMILES string of the molecule is CC(C)O.CC(C)O.CCC(CC)(OS(=O)(=O)C(CC(=O)[O-])C(=O)[O-])C(C)C.O=C([O-])[O-].[Mg+2].[Mg+2]. The zero-order chi connectivity index (χ0) is 26.9. The Morgan fingerprint density at radius 3 is 1.24 bits per heavy atom. The van der Waals surface area contributed by atoms with Crippen molar-refractivity contribution in [2.24, 2.45) is 5.92 Å². The maximum Gasteiger partial charge on any atom is 2.00 e. The van der Waals surface area contributed by atoms with Gasteiger partial charge in [0, 0.05) is 24.6 Å². The van der Waals surface area contributed by atoms with Gasteiger partial charge >= 0.3 is 46.1 Å². The summed E-state index contributed by atoms with van der Waals surface area (Å²) in [5, 5.41) is 51.8. The van der Waals surface area contributed by atoms with Crippen molar-refractivity contribution in [1.82, 2.24) is 0 Å². The zero-order valence-corrected chi connectivity index (χ0v) is 24.9. The summed E-state index contributed by atoms with van der Waals surface area (Å²) in [6.07, 6.45) is -3.19. The second kappa shape index (κ2) is 24.3. The normalized spacial score (nSPS) is 11.2. The third kappa shape index (κ3) is 29.6. The van der Waals surface area contributed by atoms with E-state index in [9.17, 15) is 28.2 Å². The van der Waals surface area contributed by atoms with Crippen molar-refractivity contribution in [2.75, 3.05) is 0 Å². The first-order valence-electron chi connectivity index (χ1n) is 9.81. The van der Waals surface area contributed by atoms with Crippen LogP contribution in [0.15, 0.2) is 0 Å². The molecule has 0 amide bonds. The molecule has 0 aliphatic heterocycles. The fourth-order valence-corrected chi connectivity index (χ4v) is 3.61. The Balaban J connectivity index is -0.000000116. The topological polar surface area (TPSA) is 227 Å². The molecule has 15 heteroatoms. The summed E-state index contributed by atoms with van der Waals surface area (Å²) in [5.41, 5.74) is -1.07. The van der Waals surface area contributed by atoms with Gasteiger partial charge < -0.3 is 45.0 Å². The van der Waals surface area contributed by atoms with Gasteiger partial charge in [0.2, 0.25) is 0 Å². The van der Waals surface area contributed by atoms with Crippen LogP contribution in [0, 0.1) is 5.92 Å². The molecule has 0 saturated heterocycles. The molecule has 2 N–H and O–H groups in total. The van der Waals surface area contributed by atoms with Gasteiger partial charge in [-0.25, -0.2) is 0 Å². The molecular weight excluding hydrogens is 501 g/mol. The van der Waals surface area contributed by atoms with Gasteiger partial charge in [-0.2, -0.15) is 8.42 Å². The predicted molar refractivity (Wildman–Crippen MR) is 118 cm³/mol. The Morgan fingerprint density at radius 1 is 0.824 bits per heavy atom. The molecule has 0 aromatic rings. The van der Waals surface area contributed by atoms with Crippen molar-refractivity contribution in [3.8, 4) is 0 Å². The number of aliphatic hydroxyl groups excluding tert-OH is 2. The van der Waals surface area contributed by atoms with Crippen LogP contribution < -0.4 is 20.4 Å². The summed E-state index contributed by atoms with van der Waals surface area (Å²) >= 11 is 0. The summed E-state index contributed by atoms with van der Waals surface area (Å²) in [7, 11) is -4.63. The number of hydrogen-bond acceptors (Lipinski definition) is 12. The van der Waals surface area contributed by atoms with E-state index in [-0.39, 0.29) is 64.2 Å². The summed E-state index contributed by atoms with van der Waals surface area (Å²) in [6, 6.07) is 0. The van der Waals surface area contributed by atoms with Gasteiger partial charge in [-0.1, -0.05) is 27.7 Å². The van der Waals surface area contributed by atoms with E-state index < -0.39 is 45.5 Å². The fourth-order valence-electron chi connectivity index (χ4n) is 2.02. The number of rotatable bonds is 9. The molecule has 0 heterocycles.